The van der Waals surface area contributed by atoms with Crippen LogP contribution in [-0.4, -0.2) is 65.1 Å². The van der Waals surface area contributed by atoms with Crippen molar-refractivity contribution in [2.75, 3.05) is 13.2 Å². The van der Waals surface area contributed by atoms with E-state index in [0.717, 1.165) is 58.3 Å². The Hall–Kier alpha value is -1.47. The summed E-state index contributed by atoms with van der Waals surface area (Å²) in [7, 11) is -11.1. The van der Waals surface area contributed by atoms with Crippen LogP contribution in [-0.2, 0) is 32.0 Å². The molecule has 13 nitrogen and oxygen atoms in total. The van der Waals surface area contributed by atoms with Gasteiger partial charge in [-0.15, -0.1) is 0 Å². The first-order valence-corrected chi connectivity index (χ1v) is 19.4. The van der Waals surface area contributed by atoms with E-state index in [-0.39, 0.29) is 12.5 Å². The van der Waals surface area contributed by atoms with Crippen molar-refractivity contribution in [2.24, 2.45) is 5.92 Å². The summed E-state index contributed by atoms with van der Waals surface area (Å²) in [4.78, 5) is 36.1. The monoisotopic (exact) mass is 721 g/mol. The van der Waals surface area contributed by atoms with Gasteiger partial charge in [-0.1, -0.05) is 53.5 Å². The summed E-state index contributed by atoms with van der Waals surface area (Å²) in [6, 6.07) is -1.62. The van der Waals surface area contributed by atoms with Crippen molar-refractivity contribution >= 4 is 21.6 Å². The quantitative estimate of drug-likeness (QED) is 0.0873. The van der Waals surface area contributed by atoms with Crippen LogP contribution < -0.4 is 15.1 Å². The number of hydrogen-bond acceptors (Lipinski definition) is 12. The van der Waals surface area contributed by atoms with Gasteiger partial charge in [-0.3, -0.25) is 18.4 Å². The largest absolute Gasteiger partial charge is 0.756 e. The molecule has 0 radical (unpaired) electrons. The lowest BCUT2D eigenvalue weighted by molar-refractivity contribution is -0.284. The van der Waals surface area contributed by atoms with Crippen LogP contribution >= 0.6 is 15.6 Å². The van der Waals surface area contributed by atoms with Crippen molar-refractivity contribution in [3.8, 4) is 0 Å². The van der Waals surface area contributed by atoms with Crippen molar-refractivity contribution in [1.29, 1.82) is 0 Å². The van der Waals surface area contributed by atoms with Crippen molar-refractivity contribution < 1.29 is 57.1 Å². The third-order valence-corrected chi connectivity index (χ3v) is 10.4. The summed E-state index contributed by atoms with van der Waals surface area (Å²) < 4.78 is 43.3. The molecule has 1 aliphatic rings. The van der Waals surface area contributed by atoms with E-state index in [1.54, 1.807) is 0 Å². The average Bonchev–Trinajstić information content (AvgIpc) is 2.95. The lowest BCUT2D eigenvalue weighted by atomic mass is 9.97. The Bertz CT molecular complexity index is 1210. The van der Waals surface area contributed by atoms with Gasteiger partial charge in [0.2, 0.25) is 5.91 Å². The van der Waals surface area contributed by atoms with Gasteiger partial charge in [0.25, 0.3) is 15.6 Å². The second kappa shape index (κ2) is 22.4. The van der Waals surface area contributed by atoms with Gasteiger partial charge in [-0.25, -0.2) is 4.31 Å². The normalized spacial score (nSPS) is 25.6. The van der Waals surface area contributed by atoms with Crippen molar-refractivity contribution in [3.63, 3.8) is 0 Å². The highest BCUT2D eigenvalue weighted by Crippen LogP contribution is 2.56. The molecule has 0 aliphatic carbocycles. The molecule has 8 atom stereocenters. The summed E-state index contributed by atoms with van der Waals surface area (Å²) in [5.41, 5.74) is 5.45. The predicted octanol–water partition coefficient (Wildman–Crippen LogP) is 4.87. The third-order valence-electron chi connectivity index (χ3n) is 7.85. The minimum atomic E-state index is -5.69. The van der Waals surface area contributed by atoms with Crippen LogP contribution in [0.2, 0.25) is 0 Å². The van der Waals surface area contributed by atoms with E-state index in [1.807, 2.05) is 6.92 Å². The predicted molar refractivity (Wildman–Crippen MR) is 180 cm³/mol. The lowest BCUT2D eigenvalue weighted by Crippen LogP contribution is -2.64. The fourth-order valence-corrected chi connectivity index (χ4v) is 7.05. The van der Waals surface area contributed by atoms with Crippen LogP contribution in [0.5, 0.6) is 0 Å². The smallest absolute Gasteiger partial charge is 0.276 e. The zero-order chi connectivity index (χ0) is 36.5. The molecule has 15 heteroatoms. The van der Waals surface area contributed by atoms with E-state index in [0.29, 0.717) is 6.42 Å². The lowest BCUT2D eigenvalue weighted by Gasteiger charge is -2.44. The van der Waals surface area contributed by atoms with Crippen molar-refractivity contribution in [2.45, 2.75) is 137 Å². The number of phosphoric ester groups is 2. The highest BCUT2D eigenvalue weighted by atomic mass is 31.3. The Morgan fingerprint density at radius 3 is 1.85 bits per heavy atom. The van der Waals surface area contributed by atoms with Crippen molar-refractivity contribution in [1.82, 2.24) is 5.32 Å². The van der Waals surface area contributed by atoms with Crippen LogP contribution in [0, 0.1) is 5.92 Å². The molecule has 0 saturated carbocycles. The fourth-order valence-electron chi connectivity index (χ4n) is 4.96. The number of phosphoric acid groups is 2. The Morgan fingerprint density at radius 1 is 0.833 bits per heavy atom. The molecule has 1 fully saturated rings. The van der Waals surface area contributed by atoms with Gasteiger partial charge in [0.05, 0.1) is 13.2 Å². The molecule has 1 rings (SSSR count). The number of aliphatic hydroxyl groups excluding tert-OH is 3. The molecule has 1 heterocycles. The van der Waals surface area contributed by atoms with Gasteiger partial charge in [-0.2, -0.15) is 0 Å². The molecule has 48 heavy (non-hydrogen) atoms. The van der Waals surface area contributed by atoms with Crippen LogP contribution in [0.25, 0.3) is 0 Å². The number of carbonyl (C=O) groups excluding carboxylic acids is 1. The second-order valence-corrected chi connectivity index (χ2v) is 15.8. The van der Waals surface area contributed by atoms with Crippen LogP contribution in [0.15, 0.2) is 46.6 Å². The maximum atomic E-state index is 12.4. The Labute approximate surface area is 286 Å². The minimum absolute atomic E-state index is 0.0717. The summed E-state index contributed by atoms with van der Waals surface area (Å²) in [5.74, 6) is -0.661. The topological polar surface area (TPSA) is 207 Å². The number of hydrogen-bond donors (Lipinski definition) is 4. The first kappa shape index (κ1) is 44.6. The molecule has 1 aliphatic heterocycles. The van der Waals surface area contributed by atoms with E-state index >= 15 is 0 Å². The number of rotatable bonds is 22. The highest BCUT2D eigenvalue weighted by Gasteiger charge is 2.47. The molecule has 3 unspecified atom stereocenters. The molecule has 0 spiro atoms. The molecule has 0 bridgehead atoms. The standard InChI is InChI=1S/C33H59NO12P2/c1-23(2)12-8-13-24(3)14-9-15-25(4)16-10-17-26(5)18-11-19-27(6)20-21-43-47(39,40)46-48(41,42)45-33-30(34-28(7)36)32(38)31(37)29(22-35)44-33/h12,14,16,18,27,29-33,35,37-38H,8-11,13,15,17,19-22H2,1-7H3,(H,34,36)(H,39,40)(H,41,42)/p-2/b24-14+,25-16+,26-18-/t27?,29-,30-,31-,32-,33-/m1/s1. The maximum absolute atomic E-state index is 12.4. The van der Waals surface area contributed by atoms with E-state index in [4.69, 9.17) is 9.26 Å². The summed E-state index contributed by atoms with van der Waals surface area (Å²) in [5, 5.41) is 31.8. The number of allylic oxidation sites excluding steroid dienone is 8. The number of carbonyl (C=O) groups is 1. The zero-order valence-corrected chi connectivity index (χ0v) is 31.3. The average molecular weight is 722 g/mol. The maximum Gasteiger partial charge on any atom is 0.276 e. The minimum Gasteiger partial charge on any atom is -0.756 e. The molecule has 0 aromatic heterocycles. The van der Waals surface area contributed by atoms with Crippen molar-refractivity contribution in [3.05, 3.63) is 46.6 Å². The van der Waals surface area contributed by atoms with Crippen LogP contribution in [0.3, 0.4) is 0 Å². The van der Waals surface area contributed by atoms with Gasteiger partial charge in [0.1, 0.15) is 24.4 Å². The number of ether oxygens (including phenoxy) is 1. The zero-order valence-electron chi connectivity index (χ0n) is 29.5. The molecule has 278 valence electrons. The number of nitrogens with one attached hydrogen (secondary N) is 1. The molecule has 0 aromatic carbocycles. The van der Waals surface area contributed by atoms with E-state index < -0.39 is 58.8 Å². The van der Waals surface area contributed by atoms with Gasteiger partial charge in [0.15, 0.2) is 6.29 Å². The Kier molecular flexibility index (Phi) is 20.8. The van der Waals surface area contributed by atoms with E-state index in [2.05, 4.69) is 73.1 Å². The molecular weight excluding hydrogens is 664 g/mol. The SMILES string of the molecule is CC(=O)N[C@H]1[C@@H](OP(=O)([O-])OP(=O)([O-])OCCC(C)CC/C=C(/C)CC/C=C(\C)CC/C=C(\C)CCC=C(C)C)O[C@H](CO)[C@@H](O)[C@@H]1O. The third kappa shape index (κ3) is 19.1. The number of amides is 1. The van der Waals surface area contributed by atoms with Gasteiger partial charge in [-0.05, 0) is 98.3 Å². The fraction of sp³-hybridized carbons (Fsp3) is 0.727. The molecule has 4 N–H and O–H groups in total. The van der Waals surface area contributed by atoms with Gasteiger partial charge in [0, 0.05) is 6.92 Å². The summed E-state index contributed by atoms with van der Waals surface area (Å²) in [6.45, 7) is 12.5. The van der Waals surface area contributed by atoms with Gasteiger partial charge >= 0.3 is 0 Å². The molecule has 1 amide bonds. The van der Waals surface area contributed by atoms with E-state index in [9.17, 15) is 39.0 Å². The number of aliphatic hydroxyl groups is 3. The van der Waals surface area contributed by atoms with Gasteiger partial charge < -0.3 is 39.7 Å². The van der Waals surface area contributed by atoms with E-state index in [1.165, 1.54) is 22.3 Å². The Balaban J connectivity index is 2.45. The second-order valence-electron chi connectivity index (χ2n) is 12.9. The summed E-state index contributed by atoms with van der Waals surface area (Å²) in [6.07, 6.45) is 10.2. The first-order valence-electron chi connectivity index (χ1n) is 16.5. The molecule has 0 aromatic rings. The molecule has 1 saturated heterocycles. The van der Waals surface area contributed by atoms with Crippen LogP contribution in [0.1, 0.15) is 106 Å². The Morgan fingerprint density at radius 2 is 1.35 bits per heavy atom. The molecular formula is C33H57NO12P2-2. The summed E-state index contributed by atoms with van der Waals surface area (Å²) >= 11 is 0. The first-order chi connectivity index (χ1) is 22.4. The van der Waals surface area contributed by atoms with Crippen LogP contribution in [0.4, 0.5) is 0 Å². The highest BCUT2D eigenvalue weighted by molar-refractivity contribution is 7.59.